The van der Waals surface area contributed by atoms with Crippen LogP contribution in [0, 0.1) is 5.41 Å². The molecule has 0 heterocycles. The first-order valence-corrected chi connectivity index (χ1v) is 7.89. The van der Waals surface area contributed by atoms with Gasteiger partial charge in [-0.15, -0.1) is 0 Å². The van der Waals surface area contributed by atoms with Gasteiger partial charge in [0.2, 0.25) is 0 Å². The monoisotopic (exact) mass is 297 g/mol. The number of hydrogen-bond acceptors (Lipinski definition) is 1. The Hall–Kier alpha value is -0.240. The highest BCUT2D eigenvalue weighted by atomic mass is 35.5. The molecule has 1 nitrogen and oxygen atoms in total. The van der Waals surface area contributed by atoms with Crippen LogP contribution < -0.4 is 5.32 Å². The van der Waals surface area contributed by atoms with E-state index in [2.05, 4.69) is 31.3 Å². The fourth-order valence-electron chi connectivity index (χ4n) is 3.57. The predicted octanol–water partition coefficient (Wildman–Crippen LogP) is 4.80. The molecule has 1 N–H and O–H groups in total. The average Bonchev–Trinajstić information content (AvgIpc) is 3.08. The van der Waals surface area contributed by atoms with Crippen molar-refractivity contribution in [3.8, 4) is 0 Å². The Morgan fingerprint density at radius 3 is 2.37 bits per heavy atom. The summed E-state index contributed by atoms with van der Waals surface area (Å²) < 4.78 is 0. The molecule has 1 aromatic rings. The van der Waals surface area contributed by atoms with Crippen molar-refractivity contribution < 1.29 is 0 Å². The first kappa shape index (κ1) is 13.7. The second-order valence-corrected chi connectivity index (χ2v) is 7.61. The van der Waals surface area contributed by atoms with E-state index in [0.29, 0.717) is 21.5 Å². The van der Waals surface area contributed by atoms with Crippen molar-refractivity contribution >= 4 is 23.2 Å². The van der Waals surface area contributed by atoms with Gasteiger partial charge in [-0.05, 0) is 48.8 Å². The van der Waals surface area contributed by atoms with Gasteiger partial charge in [0.25, 0.3) is 0 Å². The van der Waals surface area contributed by atoms with Crippen molar-refractivity contribution in [3.63, 3.8) is 0 Å². The standard InChI is InChI=1S/C16H21Cl2N/c1-11(2)19-10-16(8-15(9-16)5-6-15)12-3-4-13(17)14(18)7-12/h3-4,7,11,19H,5-6,8-10H2,1-2H3. The van der Waals surface area contributed by atoms with E-state index in [1.165, 1.54) is 31.2 Å². The molecule has 0 aromatic heterocycles. The average molecular weight is 298 g/mol. The minimum Gasteiger partial charge on any atom is -0.314 e. The molecular formula is C16H21Cl2N. The molecule has 0 unspecified atom stereocenters. The minimum absolute atomic E-state index is 0.273. The summed E-state index contributed by atoms with van der Waals surface area (Å²) >= 11 is 12.2. The summed E-state index contributed by atoms with van der Waals surface area (Å²) in [6, 6.07) is 6.69. The van der Waals surface area contributed by atoms with Crippen molar-refractivity contribution in [2.45, 2.75) is 51.0 Å². The molecular weight excluding hydrogens is 277 g/mol. The molecule has 2 saturated carbocycles. The lowest BCUT2D eigenvalue weighted by molar-refractivity contribution is 0.114. The molecule has 3 rings (SSSR count). The van der Waals surface area contributed by atoms with E-state index in [0.717, 1.165) is 6.54 Å². The van der Waals surface area contributed by atoms with Crippen molar-refractivity contribution in [1.82, 2.24) is 5.32 Å². The molecule has 0 saturated heterocycles. The number of hydrogen-bond donors (Lipinski definition) is 1. The topological polar surface area (TPSA) is 12.0 Å². The fourth-order valence-corrected chi connectivity index (χ4v) is 3.87. The highest BCUT2D eigenvalue weighted by Crippen LogP contribution is 2.68. The Labute approximate surface area is 125 Å². The highest BCUT2D eigenvalue weighted by Gasteiger charge is 2.61. The fraction of sp³-hybridized carbons (Fsp3) is 0.625. The molecule has 0 amide bonds. The molecule has 1 spiro atoms. The quantitative estimate of drug-likeness (QED) is 0.841. The molecule has 2 aliphatic carbocycles. The zero-order valence-corrected chi connectivity index (χ0v) is 13.1. The van der Waals surface area contributed by atoms with Crippen LogP contribution in [0.3, 0.4) is 0 Å². The van der Waals surface area contributed by atoms with Gasteiger partial charge in [0, 0.05) is 18.0 Å². The van der Waals surface area contributed by atoms with Gasteiger partial charge in [-0.25, -0.2) is 0 Å². The van der Waals surface area contributed by atoms with E-state index in [1.54, 1.807) is 0 Å². The van der Waals surface area contributed by atoms with Gasteiger partial charge in [-0.1, -0.05) is 43.1 Å². The molecule has 0 atom stereocenters. The Kier molecular flexibility index (Phi) is 3.36. The smallest absolute Gasteiger partial charge is 0.0595 e. The molecule has 3 heteroatoms. The van der Waals surface area contributed by atoms with Crippen LogP contribution in [0.25, 0.3) is 0 Å². The Morgan fingerprint density at radius 1 is 1.16 bits per heavy atom. The zero-order chi connectivity index (χ0) is 13.7. The molecule has 2 aliphatic rings. The van der Waals surface area contributed by atoms with E-state index < -0.39 is 0 Å². The van der Waals surface area contributed by atoms with Crippen LogP contribution in [0.1, 0.15) is 45.1 Å². The van der Waals surface area contributed by atoms with Gasteiger partial charge in [0.15, 0.2) is 0 Å². The number of benzene rings is 1. The summed E-state index contributed by atoms with van der Waals surface area (Å²) in [6.07, 6.45) is 5.44. The summed E-state index contributed by atoms with van der Waals surface area (Å²) in [5, 5.41) is 4.94. The van der Waals surface area contributed by atoms with Gasteiger partial charge in [-0.3, -0.25) is 0 Å². The van der Waals surface area contributed by atoms with Crippen LogP contribution in [0.5, 0.6) is 0 Å². The first-order valence-electron chi connectivity index (χ1n) is 7.14. The predicted molar refractivity (Wildman–Crippen MR) is 82.2 cm³/mol. The van der Waals surface area contributed by atoms with Gasteiger partial charge in [-0.2, -0.15) is 0 Å². The molecule has 0 bridgehead atoms. The Bertz CT molecular complexity index is 484. The third kappa shape index (κ3) is 2.53. The van der Waals surface area contributed by atoms with Gasteiger partial charge >= 0.3 is 0 Å². The molecule has 104 valence electrons. The molecule has 0 aliphatic heterocycles. The van der Waals surface area contributed by atoms with Gasteiger partial charge in [0.05, 0.1) is 10.0 Å². The maximum absolute atomic E-state index is 6.20. The normalized spacial score (nSPS) is 22.6. The third-order valence-electron chi connectivity index (χ3n) is 4.76. The van der Waals surface area contributed by atoms with Crippen molar-refractivity contribution in [3.05, 3.63) is 33.8 Å². The zero-order valence-electron chi connectivity index (χ0n) is 11.6. The first-order chi connectivity index (χ1) is 8.95. The van der Waals surface area contributed by atoms with Crippen LogP contribution in [0.15, 0.2) is 18.2 Å². The SMILES string of the molecule is CC(C)NCC1(c2ccc(Cl)c(Cl)c2)CC2(CC2)C1. The van der Waals surface area contributed by atoms with E-state index >= 15 is 0 Å². The lowest BCUT2D eigenvalue weighted by Gasteiger charge is -2.50. The molecule has 1 aromatic carbocycles. The van der Waals surface area contributed by atoms with Gasteiger partial charge in [0.1, 0.15) is 0 Å². The minimum atomic E-state index is 0.273. The number of halogens is 2. The van der Waals surface area contributed by atoms with Crippen molar-refractivity contribution in [2.75, 3.05) is 6.54 Å². The molecule has 2 fully saturated rings. The van der Waals surface area contributed by atoms with Crippen LogP contribution in [-0.2, 0) is 5.41 Å². The number of rotatable bonds is 4. The van der Waals surface area contributed by atoms with Gasteiger partial charge < -0.3 is 5.32 Å². The summed E-state index contributed by atoms with van der Waals surface area (Å²) in [5.74, 6) is 0. The maximum atomic E-state index is 6.20. The van der Waals surface area contributed by atoms with Crippen LogP contribution in [-0.4, -0.2) is 12.6 Å². The third-order valence-corrected chi connectivity index (χ3v) is 5.50. The molecule has 19 heavy (non-hydrogen) atoms. The molecule has 0 radical (unpaired) electrons. The highest BCUT2D eigenvalue weighted by molar-refractivity contribution is 6.42. The van der Waals surface area contributed by atoms with E-state index in [-0.39, 0.29) is 5.41 Å². The summed E-state index contributed by atoms with van der Waals surface area (Å²) in [6.45, 7) is 5.45. The second-order valence-electron chi connectivity index (χ2n) is 6.80. The Balaban J connectivity index is 1.84. The summed E-state index contributed by atoms with van der Waals surface area (Å²) in [5.41, 5.74) is 2.30. The van der Waals surface area contributed by atoms with Crippen LogP contribution >= 0.6 is 23.2 Å². The lowest BCUT2D eigenvalue weighted by Crippen LogP contribution is -2.50. The van der Waals surface area contributed by atoms with Crippen molar-refractivity contribution in [2.24, 2.45) is 5.41 Å². The second kappa shape index (κ2) is 4.65. The maximum Gasteiger partial charge on any atom is 0.0595 e. The largest absolute Gasteiger partial charge is 0.314 e. The lowest BCUT2D eigenvalue weighted by atomic mass is 9.56. The van der Waals surface area contributed by atoms with E-state index in [1.807, 2.05) is 6.07 Å². The Morgan fingerprint density at radius 2 is 1.84 bits per heavy atom. The van der Waals surface area contributed by atoms with Crippen LogP contribution in [0.2, 0.25) is 10.0 Å². The summed E-state index contributed by atoms with van der Waals surface area (Å²) in [4.78, 5) is 0. The summed E-state index contributed by atoms with van der Waals surface area (Å²) in [7, 11) is 0. The van der Waals surface area contributed by atoms with E-state index in [4.69, 9.17) is 23.2 Å². The van der Waals surface area contributed by atoms with Crippen LogP contribution in [0.4, 0.5) is 0 Å². The number of nitrogens with one attached hydrogen (secondary N) is 1. The van der Waals surface area contributed by atoms with E-state index in [9.17, 15) is 0 Å². The van der Waals surface area contributed by atoms with Crippen molar-refractivity contribution in [1.29, 1.82) is 0 Å².